The van der Waals surface area contributed by atoms with Crippen molar-refractivity contribution in [3.63, 3.8) is 0 Å². The molecule has 1 unspecified atom stereocenters. The first-order valence-electron chi connectivity index (χ1n) is 4.86. The van der Waals surface area contributed by atoms with Crippen LogP contribution in [0, 0.1) is 11.3 Å². The highest BCUT2D eigenvalue weighted by Gasteiger charge is 2.31. The van der Waals surface area contributed by atoms with Gasteiger partial charge >= 0.3 is 0 Å². The van der Waals surface area contributed by atoms with E-state index < -0.39 is 0 Å². The molecule has 1 saturated heterocycles. The Morgan fingerprint density at radius 3 is 2.77 bits per heavy atom. The summed E-state index contributed by atoms with van der Waals surface area (Å²) in [5.74, 6) is 0.252. The average Bonchev–Trinajstić information content (AvgIpc) is 2.67. The van der Waals surface area contributed by atoms with E-state index >= 15 is 0 Å². The molecule has 13 heavy (non-hydrogen) atoms. The lowest BCUT2D eigenvalue weighted by atomic mass is 9.39. The monoisotopic (exact) mass is 169 g/mol. The second-order valence-corrected chi connectivity index (χ2v) is 3.68. The molecule has 0 amide bonds. The molecule has 1 atom stereocenters. The van der Waals surface area contributed by atoms with Crippen molar-refractivity contribution in [1.29, 1.82) is 5.26 Å². The van der Waals surface area contributed by atoms with Crippen LogP contribution in [0.1, 0.15) is 12.8 Å². The molecule has 64 valence electrons. The van der Waals surface area contributed by atoms with Gasteiger partial charge in [-0.15, -0.1) is 0 Å². The minimum atomic E-state index is 0.252. The van der Waals surface area contributed by atoms with Gasteiger partial charge in [-0.1, -0.05) is 48.5 Å². The zero-order valence-corrected chi connectivity index (χ0v) is 7.61. The fourth-order valence-electron chi connectivity index (χ4n) is 2.21. The van der Waals surface area contributed by atoms with Gasteiger partial charge in [0.05, 0.1) is 6.07 Å². The summed E-state index contributed by atoms with van der Waals surface area (Å²) in [6.45, 7) is 0.492. The summed E-state index contributed by atoms with van der Waals surface area (Å²) in [6.07, 6.45) is 3.47. The van der Waals surface area contributed by atoms with Crippen LogP contribution < -0.4 is 5.46 Å². The second-order valence-electron chi connectivity index (χ2n) is 3.68. The minimum Gasteiger partial charge on any atom is -0.199 e. The van der Waals surface area contributed by atoms with Gasteiger partial charge in [0.25, 0.3) is 0 Å². The topological polar surface area (TPSA) is 23.8 Å². The summed E-state index contributed by atoms with van der Waals surface area (Å²) < 4.78 is 0. The van der Waals surface area contributed by atoms with Crippen molar-refractivity contribution in [2.24, 2.45) is 0 Å². The maximum Gasteiger partial charge on any atom is 0.195 e. The number of hydrogen-bond acceptors (Lipinski definition) is 1. The van der Waals surface area contributed by atoms with E-state index in [0.29, 0.717) is 6.71 Å². The summed E-state index contributed by atoms with van der Waals surface area (Å²) in [5, 5.41) is 8.95. The van der Waals surface area contributed by atoms with Gasteiger partial charge < -0.3 is 0 Å². The van der Waals surface area contributed by atoms with E-state index in [0.717, 1.165) is 6.42 Å². The maximum absolute atomic E-state index is 8.95. The van der Waals surface area contributed by atoms with Gasteiger partial charge in [0.2, 0.25) is 0 Å². The van der Waals surface area contributed by atoms with E-state index in [4.69, 9.17) is 5.26 Å². The van der Waals surface area contributed by atoms with E-state index in [1.807, 2.05) is 6.07 Å². The van der Waals surface area contributed by atoms with Gasteiger partial charge in [0.1, 0.15) is 0 Å². The van der Waals surface area contributed by atoms with Crippen LogP contribution in [-0.4, -0.2) is 6.71 Å². The highest BCUT2D eigenvalue weighted by Crippen LogP contribution is 2.29. The van der Waals surface area contributed by atoms with Crippen molar-refractivity contribution in [3.05, 3.63) is 30.3 Å². The van der Waals surface area contributed by atoms with Gasteiger partial charge in [-0.2, -0.15) is 5.26 Å². The maximum atomic E-state index is 8.95. The van der Waals surface area contributed by atoms with Crippen LogP contribution in [0.3, 0.4) is 0 Å². The highest BCUT2D eigenvalue weighted by atomic mass is 14.3. The quantitative estimate of drug-likeness (QED) is 0.590. The first kappa shape index (κ1) is 8.38. The van der Waals surface area contributed by atoms with Crippen molar-refractivity contribution < 1.29 is 0 Å². The van der Waals surface area contributed by atoms with E-state index in [-0.39, 0.29) is 5.82 Å². The zero-order valence-electron chi connectivity index (χ0n) is 7.61. The normalized spacial score (nSPS) is 21.5. The molecule has 1 aliphatic heterocycles. The molecule has 0 aliphatic carbocycles. The van der Waals surface area contributed by atoms with Gasteiger partial charge in [-0.3, -0.25) is 0 Å². The molecule has 0 N–H and O–H groups in total. The summed E-state index contributed by atoms with van der Waals surface area (Å²) in [5.41, 5.74) is 1.34. The molecule has 2 rings (SSSR count). The fourth-order valence-corrected chi connectivity index (χ4v) is 2.21. The lowest BCUT2D eigenvalue weighted by Gasteiger charge is -2.08. The molecule has 0 aromatic heterocycles. The third kappa shape index (κ3) is 1.60. The molecular formula is C11H12BN. The Hall–Kier alpha value is -1.23. The number of nitrogens with zero attached hydrogens (tertiary/aromatic N) is 1. The van der Waals surface area contributed by atoms with Crippen LogP contribution >= 0.6 is 0 Å². The molecule has 1 heterocycles. The molecule has 2 heteroatoms. The molecule has 0 bridgehead atoms. The summed E-state index contributed by atoms with van der Waals surface area (Å²) in [4.78, 5) is 0. The number of benzene rings is 1. The van der Waals surface area contributed by atoms with Crippen LogP contribution in [0.5, 0.6) is 0 Å². The van der Waals surface area contributed by atoms with E-state index in [2.05, 4.69) is 30.3 Å². The molecule has 1 aromatic carbocycles. The molecular weight excluding hydrogens is 157 g/mol. The van der Waals surface area contributed by atoms with Crippen molar-refractivity contribution in [1.82, 2.24) is 0 Å². The minimum absolute atomic E-state index is 0.252. The van der Waals surface area contributed by atoms with E-state index in [9.17, 15) is 0 Å². The first-order chi connectivity index (χ1) is 6.42. The second kappa shape index (κ2) is 3.66. The lowest BCUT2D eigenvalue weighted by Crippen LogP contribution is -2.30. The number of rotatable bonds is 1. The van der Waals surface area contributed by atoms with Crippen molar-refractivity contribution in [3.8, 4) is 6.07 Å². The zero-order chi connectivity index (χ0) is 9.10. The van der Waals surface area contributed by atoms with Gasteiger partial charge in [-0.05, 0) is 6.42 Å². The van der Waals surface area contributed by atoms with Crippen LogP contribution in [-0.2, 0) is 0 Å². The van der Waals surface area contributed by atoms with E-state index in [1.54, 1.807) is 0 Å². The molecule has 0 spiro atoms. The Bertz CT molecular complexity index is 315. The molecule has 1 nitrogen and oxygen atoms in total. The molecule has 1 aliphatic rings. The Balaban J connectivity index is 2.22. The SMILES string of the molecule is N#CC1CCCB1c1ccccc1. The third-order valence-electron chi connectivity index (χ3n) is 2.91. The Labute approximate surface area is 79.5 Å². The summed E-state index contributed by atoms with van der Waals surface area (Å²) in [6, 6.07) is 12.8. The number of hydrogen-bond donors (Lipinski definition) is 0. The third-order valence-corrected chi connectivity index (χ3v) is 2.91. The van der Waals surface area contributed by atoms with Crippen LogP contribution in [0.4, 0.5) is 0 Å². The largest absolute Gasteiger partial charge is 0.199 e. The predicted molar refractivity (Wildman–Crippen MR) is 55.2 cm³/mol. The van der Waals surface area contributed by atoms with Crippen LogP contribution in [0.2, 0.25) is 12.1 Å². The predicted octanol–water partition coefficient (Wildman–Crippen LogP) is 2.08. The highest BCUT2D eigenvalue weighted by molar-refractivity contribution is 6.75. The lowest BCUT2D eigenvalue weighted by molar-refractivity contribution is 0.873. The standard InChI is InChI=1S/C11H12BN/c13-9-11-7-4-8-12(11)10-5-2-1-3-6-10/h1-3,5-6,11H,4,7-8H2. The Kier molecular flexibility index (Phi) is 2.36. The van der Waals surface area contributed by atoms with Crippen molar-refractivity contribution >= 4 is 12.2 Å². The Morgan fingerprint density at radius 2 is 2.08 bits per heavy atom. The molecule has 0 radical (unpaired) electrons. The van der Waals surface area contributed by atoms with E-state index in [1.165, 1.54) is 18.2 Å². The number of nitriles is 1. The Morgan fingerprint density at radius 1 is 1.31 bits per heavy atom. The molecule has 1 fully saturated rings. The van der Waals surface area contributed by atoms with Gasteiger partial charge in [-0.25, -0.2) is 0 Å². The smallest absolute Gasteiger partial charge is 0.195 e. The summed E-state index contributed by atoms with van der Waals surface area (Å²) in [7, 11) is 0. The average molecular weight is 169 g/mol. The molecule has 0 saturated carbocycles. The molecule has 1 aromatic rings. The van der Waals surface area contributed by atoms with Crippen LogP contribution in [0.15, 0.2) is 30.3 Å². The first-order valence-corrected chi connectivity index (χ1v) is 4.86. The fraction of sp³-hybridized carbons (Fsp3) is 0.364. The van der Waals surface area contributed by atoms with Gasteiger partial charge in [0.15, 0.2) is 6.71 Å². The van der Waals surface area contributed by atoms with Crippen molar-refractivity contribution in [2.45, 2.75) is 25.0 Å². The van der Waals surface area contributed by atoms with Crippen LogP contribution in [0.25, 0.3) is 0 Å². The van der Waals surface area contributed by atoms with Gasteiger partial charge in [0, 0.05) is 5.82 Å². The van der Waals surface area contributed by atoms with Crippen molar-refractivity contribution in [2.75, 3.05) is 0 Å². The summed E-state index contributed by atoms with van der Waals surface area (Å²) >= 11 is 0.